The van der Waals surface area contributed by atoms with Crippen LogP contribution >= 0.6 is 0 Å². The quantitative estimate of drug-likeness (QED) is 0.767. The van der Waals surface area contributed by atoms with E-state index >= 15 is 0 Å². The molecule has 1 saturated carbocycles. The van der Waals surface area contributed by atoms with Crippen LogP contribution < -0.4 is 4.74 Å². The van der Waals surface area contributed by atoms with Gasteiger partial charge in [0.25, 0.3) is 0 Å². The smallest absolute Gasteiger partial charge is 0.159 e. The fraction of sp³-hybridized carbons (Fsp3) is 0.417. The summed E-state index contributed by atoms with van der Waals surface area (Å²) in [6, 6.07) is 7.01. The summed E-state index contributed by atoms with van der Waals surface area (Å²) < 4.78 is 5.54. The van der Waals surface area contributed by atoms with E-state index in [1.807, 2.05) is 0 Å². The van der Waals surface area contributed by atoms with Crippen LogP contribution in [-0.4, -0.2) is 23.1 Å². The van der Waals surface area contributed by atoms with Crippen LogP contribution in [0.2, 0.25) is 0 Å². The number of hydrogen-bond donors (Lipinski definition) is 1. The van der Waals surface area contributed by atoms with Crippen molar-refractivity contribution < 1.29 is 14.6 Å². The SMILES string of the molecule is CC(=O)c1ccc(O[C@H]2CC[C@@H]2O)cc1. The van der Waals surface area contributed by atoms with Crippen molar-refractivity contribution in [1.29, 1.82) is 0 Å². The number of aliphatic hydroxyl groups is 1. The third kappa shape index (κ3) is 2.18. The maximum absolute atomic E-state index is 11.0. The molecule has 3 heteroatoms. The fourth-order valence-electron chi connectivity index (χ4n) is 1.53. The minimum atomic E-state index is -0.336. The van der Waals surface area contributed by atoms with Crippen LogP contribution in [0.1, 0.15) is 30.1 Å². The summed E-state index contributed by atoms with van der Waals surface area (Å²) in [6.45, 7) is 1.53. The Kier molecular flexibility index (Phi) is 2.73. The predicted molar refractivity (Wildman–Crippen MR) is 56.1 cm³/mol. The van der Waals surface area contributed by atoms with Crippen molar-refractivity contribution in [2.75, 3.05) is 0 Å². The van der Waals surface area contributed by atoms with Crippen molar-refractivity contribution in [3.8, 4) is 5.75 Å². The molecule has 2 atom stereocenters. The molecule has 0 aromatic heterocycles. The first-order valence-corrected chi connectivity index (χ1v) is 5.12. The summed E-state index contributed by atoms with van der Waals surface area (Å²) in [5.41, 5.74) is 0.677. The van der Waals surface area contributed by atoms with Crippen molar-refractivity contribution in [2.45, 2.75) is 32.0 Å². The molecule has 3 nitrogen and oxygen atoms in total. The molecule has 1 aromatic rings. The monoisotopic (exact) mass is 206 g/mol. The van der Waals surface area contributed by atoms with Crippen LogP contribution in [0, 0.1) is 0 Å². The van der Waals surface area contributed by atoms with E-state index in [-0.39, 0.29) is 18.0 Å². The fourth-order valence-corrected chi connectivity index (χ4v) is 1.53. The van der Waals surface area contributed by atoms with Crippen molar-refractivity contribution in [2.24, 2.45) is 0 Å². The lowest BCUT2D eigenvalue weighted by atomic mass is 9.92. The second-order valence-electron chi connectivity index (χ2n) is 3.88. The molecule has 0 heterocycles. The molecule has 1 aliphatic rings. The Morgan fingerprint density at radius 1 is 1.33 bits per heavy atom. The summed E-state index contributed by atoms with van der Waals surface area (Å²) in [4.78, 5) is 11.0. The zero-order valence-electron chi connectivity index (χ0n) is 8.64. The molecule has 2 rings (SSSR count). The van der Waals surface area contributed by atoms with E-state index in [1.54, 1.807) is 24.3 Å². The maximum Gasteiger partial charge on any atom is 0.159 e. The molecule has 80 valence electrons. The highest BCUT2D eigenvalue weighted by Crippen LogP contribution is 2.25. The molecule has 15 heavy (non-hydrogen) atoms. The van der Waals surface area contributed by atoms with E-state index in [9.17, 15) is 9.90 Å². The number of Topliss-reactive ketones (excluding diaryl/α,β-unsaturated/α-hetero) is 1. The summed E-state index contributed by atoms with van der Waals surface area (Å²) >= 11 is 0. The van der Waals surface area contributed by atoms with Crippen LogP contribution in [-0.2, 0) is 0 Å². The third-order valence-corrected chi connectivity index (χ3v) is 2.72. The van der Waals surface area contributed by atoms with Crippen molar-refractivity contribution in [3.05, 3.63) is 29.8 Å². The maximum atomic E-state index is 11.0. The van der Waals surface area contributed by atoms with Crippen LogP contribution in [0.25, 0.3) is 0 Å². The van der Waals surface area contributed by atoms with Gasteiger partial charge in [0.15, 0.2) is 5.78 Å². The van der Waals surface area contributed by atoms with Gasteiger partial charge in [-0.15, -0.1) is 0 Å². The minimum absolute atomic E-state index is 0.0465. The molecule has 0 radical (unpaired) electrons. The average Bonchev–Trinajstić information content (AvgIpc) is 2.24. The van der Waals surface area contributed by atoms with Gasteiger partial charge in [-0.1, -0.05) is 0 Å². The van der Waals surface area contributed by atoms with Crippen LogP contribution in [0.15, 0.2) is 24.3 Å². The van der Waals surface area contributed by atoms with Crippen LogP contribution in [0.3, 0.4) is 0 Å². The highest BCUT2D eigenvalue weighted by molar-refractivity contribution is 5.94. The van der Waals surface area contributed by atoms with Gasteiger partial charge in [-0.05, 0) is 44.0 Å². The average molecular weight is 206 g/mol. The van der Waals surface area contributed by atoms with E-state index in [1.165, 1.54) is 6.92 Å². The number of aliphatic hydroxyl groups excluding tert-OH is 1. The Morgan fingerprint density at radius 2 is 2.00 bits per heavy atom. The second-order valence-corrected chi connectivity index (χ2v) is 3.88. The van der Waals surface area contributed by atoms with E-state index < -0.39 is 0 Å². The summed E-state index contributed by atoms with van der Waals surface area (Å²) in [5.74, 6) is 0.758. The second kappa shape index (κ2) is 4.03. The molecule has 1 N–H and O–H groups in total. The van der Waals surface area contributed by atoms with Gasteiger partial charge in [0.05, 0.1) is 6.10 Å². The molecule has 0 bridgehead atoms. The predicted octanol–water partition coefficient (Wildman–Crippen LogP) is 1.79. The standard InChI is InChI=1S/C12H14O3/c1-8(13)9-2-4-10(5-3-9)15-12-7-6-11(12)14/h2-5,11-12,14H,6-7H2,1H3/t11-,12-/m0/s1. The molecule has 0 saturated heterocycles. The van der Waals surface area contributed by atoms with E-state index in [4.69, 9.17) is 4.74 Å². The first-order valence-electron chi connectivity index (χ1n) is 5.12. The van der Waals surface area contributed by atoms with Gasteiger partial charge in [-0.3, -0.25) is 4.79 Å². The number of ketones is 1. The normalized spacial score (nSPS) is 24.4. The van der Waals surface area contributed by atoms with Crippen LogP contribution in [0.4, 0.5) is 0 Å². The lowest BCUT2D eigenvalue weighted by Crippen LogP contribution is -2.41. The molecule has 0 spiro atoms. The van der Waals surface area contributed by atoms with E-state index in [2.05, 4.69) is 0 Å². The molecule has 0 amide bonds. The molecular formula is C12H14O3. The molecular weight excluding hydrogens is 192 g/mol. The molecule has 1 aliphatic carbocycles. The van der Waals surface area contributed by atoms with Crippen molar-refractivity contribution >= 4 is 5.78 Å². The van der Waals surface area contributed by atoms with Gasteiger partial charge in [0, 0.05) is 5.56 Å². The van der Waals surface area contributed by atoms with Gasteiger partial charge in [-0.25, -0.2) is 0 Å². The molecule has 1 aromatic carbocycles. The zero-order chi connectivity index (χ0) is 10.8. The van der Waals surface area contributed by atoms with Gasteiger partial charge < -0.3 is 9.84 Å². The molecule has 0 aliphatic heterocycles. The van der Waals surface area contributed by atoms with Crippen LogP contribution in [0.5, 0.6) is 5.75 Å². The van der Waals surface area contributed by atoms with Gasteiger partial charge in [0.2, 0.25) is 0 Å². The molecule has 1 fully saturated rings. The molecule has 0 unspecified atom stereocenters. The van der Waals surface area contributed by atoms with Crippen molar-refractivity contribution in [1.82, 2.24) is 0 Å². The number of hydrogen-bond acceptors (Lipinski definition) is 3. The highest BCUT2D eigenvalue weighted by Gasteiger charge is 2.30. The van der Waals surface area contributed by atoms with E-state index in [0.717, 1.165) is 12.8 Å². The Bertz CT molecular complexity index is 356. The highest BCUT2D eigenvalue weighted by atomic mass is 16.5. The lowest BCUT2D eigenvalue weighted by Gasteiger charge is -2.32. The van der Waals surface area contributed by atoms with Gasteiger partial charge >= 0.3 is 0 Å². The van der Waals surface area contributed by atoms with Gasteiger partial charge in [0.1, 0.15) is 11.9 Å². The topological polar surface area (TPSA) is 46.5 Å². The van der Waals surface area contributed by atoms with Crippen molar-refractivity contribution in [3.63, 3.8) is 0 Å². The largest absolute Gasteiger partial charge is 0.488 e. The third-order valence-electron chi connectivity index (χ3n) is 2.72. The Hall–Kier alpha value is -1.35. The Labute approximate surface area is 88.7 Å². The Balaban J connectivity index is 2.01. The van der Waals surface area contributed by atoms with E-state index in [0.29, 0.717) is 11.3 Å². The van der Waals surface area contributed by atoms with Gasteiger partial charge in [-0.2, -0.15) is 0 Å². The summed E-state index contributed by atoms with van der Waals surface area (Å²) in [6.07, 6.45) is 1.30. The first-order chi connectivity index (χ1) is 7.16. The zero-order valence-corrected chi connectivity index (χ0v) is 8.64. The number of carbonyl (C=O) groups is 1. The summed E-state index contributed by atoms with van der Waals surface area (Å²) in [5, 5.41) is 9.33. The Morgan fingerprint density at radius 3 is 2.40 bits per heavy atom. The number of benzene rings is 1. The number of carbonyl (C=O) groups excluding carboxylic acids is 1. The number of rotatable bonds is 3. The lowest BCUT2D eigenvalue weighted by molar-refractivity contribution is -0.0361. The first kappa shape index (κ1) is 10.2. The number of ether oxygens (including phenoxy) is 1. The summed E-state index contributed by atoms with van der Waals surface area (Å²) in [7, 11) is 0. The minimum Gasteiger partial charge on any atom is -0.488 e.